The van der Waals surface area contributed by atoms with E-state index in [1.165, 1.54) is 0 Å². The van der Waals surface area contributed by atoms with Crippen LogP contribution in [0.15, 0.2) is 17.8 Å². The van der Waals surface area contributed by atoms with Crippen LogP contribution in [-0.4, -0.2) is 23.8 Å². The lowest BCUT2D eigenvalue weighted by Gasteiger charge is -2.20. The molecule has 0 aliphatic carbocycles. The van der Waals surface area contributed by atoms with Crippen LogP contribution in [0.2, 0.25) is 0 Å². The van der Waals surface area contributed by atoms with E-state index in [9.17, 15) is 0 Å². The lowest BCUT2D eigenvalue weighted by Crippen LogP contribution is -2.25. The lowest BCUT2D eigenvalue weighted by atomic mass is 10.4. The highest BCUT2D eigenvalue weighted by Gasteiger charge is 2.00. The Bertz CT molecular complexity index is 116. The molecule has 0 saturated carbocycles. The van der Waals surface area contributed by atoms with E-state index in [2.05, 4.69) is 25.5 Å². The molecule has 0 N–H and O–H groups in total. The van der Waals surface area contributed by atoms with Gasteiger partial charge in [0.05, 0.1) is 6.54 Å². The van der Waals surface area contributed by atoms with Gasteiger partial charge in [0, 0.05) is 12.3 Å². The molecule has 0 fully saturated rings. The molecule has 0 amide bonds. The number of hydrazone groups is 1. The predicted molar refractivity (Wildman–Crippen MR) is 46.2 cm³/mol. The van der Waals surface area contributed by atoms with Gasteiger partial charge < -0.3 is 0 Å². The highest BCUT2D eigenvalue weighted by Crippen LogP contribution is 1.96. The first-order valence-electron chi connectivity index (χ1n) is 3.58. The number of hydrogen-bond donors (Lipinski definition) is 0. The number of nitrogens with zero attached hydrogens (tertiary/aromatic N) is 2. The summed E-state index contributed by atoms with van der Waals surface area (Å²) in [7, 11) is 0. The molecule has 10 heavy (non-hydrogen) atoms. The largest absolute Gasteiger partial charge is 0.291 e. The summed E-state index contributed by atoms with van der Waals surface area (Å²) >= 11 is 0. The Hall–Kier alpha value is -0.790. The quantitative estimate of drug-likeness (QED) is 0.331. The minimum Gasteiger partial charge on any atom is -0.291 e. The highest BCUT2D eigenvalue weighted by atomic mass is 15.5. The van der Waals surface area contributed by atoms with Gasteiger partial charge in [0.2, 0.25) is 0 Å². The fraction of sp³-hybridized carbons (Fsp3) is 0.625. The molecule has 0 unspecified atom stereocenters. The van der Waals surface area contributed by atoms with Crippen LogP contribution >= 0.6 is 0 Å². The Kier molecular flexibility index (Phi) is 4.63. The van der Waals surface area contributed by atoms with E-state index in [1.807, 2.05) is 18.0 Å². The molecule has 0 aliphatic heterocycles. The number of hydrogen-bond acceptors (Lipinski definition) is 2. The minimum atomic E-state index is 0.453. The van der Waals surface area contributed by atoms with Gasteiger partial charge in [0.25, 0.3) is 0 Å². The van der Waals surface area contributed by atoms with Crippen LogP contribution in [0.4, 0.5) is 0 Å². The van der Waals surface area contributed by atoms with Crippen LogP contribution in [0.3, 0.4) is 0 Å². The second-order valence-corrected chi connectivity index (χ2v) is 2.38. The standard InChI is InChI=1S/C8H16N2/c1-5-7-10(8(3)4)9-6-2/h5-6,8H,1,7H2,2-4H3/b9-6-. The summed E-state index contributed by atoms with van der Waals surface area (Å²) in [5, 5.41) is 6.13. The molecule has 0 aromatic heterocycles. The molecular weight excluding hydrogens is 124 g/mol. The van der Waals surface area contributed by atoms with E-state index in [0.717, 1.165) is 6.54 Å². The fourth-order valence-electron chi connectivity index (χ4n) is 0.672. The van der Waals surface area contributed by atoms with Gasteiger partial charge in [0.15, 0.2) is 0 Å². The average molecular weight is 140 g/mol. The second kappa shape index (κ2) is 5.03. The summed E-state index contributed by atoms with van der Waals surface area (Å²) in [5.74, 6) is 0. The normalized spacial score (nSPS) is 10.8. The summed E-state index contributed by atoms with van der Waals surface area (Å²) in [5.41, 5.74) is 0. The van der Waals surface area contributed by atoms with E-state index in [-0.39, 0.29) is 0 Å². The fourth-order valence-corrected chi connectivity index (χ4v) is 0.672. The van der Waals surface area contributed by atoms with Crippen molar-refractivity contribution >= 4 is 6.21 Å². The van der Waals surface area contributed by atoms with E-state index >= 15 is 0 Å². The van der Waals surface area contributed by atoms with Gasteiger partial charge in [-0.2, -0.15) is 5.10 Å². The van der Waals surface area contributed by atoms with Crippen LogP contribution < -0.4 is 0 Å². The maximum Gasteiger partial charge on any atom is 0.0541 e. The third kappa shape index (κ3) is 3.28. The van der Waals surface area contributed by atoms with Crippen LogP contribution in [-0.2, 0) is 0 Å². The zero-order valence-corrected chi connectivity index (χ0v) is 7.04. The molecule has 0 rings (SSSR count). The molecule has 0 saturated heterocycles. The van der Waals surface area contributed by atoms with E-state index in [0.29, 0.717) is 6.04 Å². The first-order valence-corrected chi connectivity index (χ1v) is 3.58. The van der Waals surface area contributed by atoms with Gasteiger partial charge in [0.1, 0.15) is 0 Å². The van der Waals surface area contributed by atoms with Crippen molar-refractivity contribution in [3.63, 3.8) is 0 Å². The summed E-state index contributed by atoms with van der Waals surface area (Å²) in [6.07, 6.45) is 3.65. The van der Waals surface area contributed by atoms with Crippen molar-refractivity contribution in [3.05, 3.63) is 12.7 Å². The monoisotopic (exact) mass is 140 g/mol. The predicted octanol–water partition coefficient (Wildman–Crippen LogP) is 1.89. The van der Waals surface area contributed by atoms with Crippen molar-refractivity contribution in [3.8, 4) is 0 Å². The SMILES string of the molecule is C=CCN(/N=C\C)C(C)C. The maximum absolute atomic E-state index is 4.15. The highest BCUT2D eigenvalue weighted by molar-refractivity contribution is 5.52. The molecule has 0 atom stereocenters. The van der Waals surface area contributed by atoms with Gasteiger partial charge in [-0.05, 0) is 20.8 Å². The second-order valence-electron chi connectivity index (χ2n) is 2.38. The average Bonchev–Trinajstić information content (AvgIpc) is 1.87. The van der Waals surface area contributed by atoms with E-state index in [1.54, 1.807) is 6.21 Å². The van der Waals surface area contributed by atoms with Crippen LogP contribution in [0.1, 0.15) is 20.8 Å². The Morgan fingerprint density at radius 3 is 2.50 bits per heavy atom. The first kappa shape index (κ1) is 9.21. The molecule has 0 aliphatic rings. The zero-order chi connectivity index (χ0) is 7.98. The molecule has 0 bridgehead atoms. The molecular formula is C8H16N2. The Morgan fingerprint density at radius 1 is 1.60 bits per heavy atom. The molecule has 58 valence electrons. The van der Waals surface area contributed by atoms with Gasteiger partial charge in [-0.25, -0.2) is 0 Å². The first-order chi connectivity index (χ1) is 4.72. The Morgan fingerprint density at radius 2 is 2.20 bits per heavy atom. The molecule has 2 heteroatoms. The molecule has 0 radical (unpaired) electrons. The topological polar surface area (TPSA) is 15.6 Å². The summed E-state index contributed by atoms with van der Waals surface area (Å²) in [4.78, 5) is 0. The minimum absolute atomic E-state index is 0.453. The van der Waals surface area contributed by atoms with Crippen molar-refractivity contribution in [2.75, 3.05) is 6.54 Å². The van der Waals surface area contributed by atoms with Crippen molar-refractivity contribution in [1.82, 2.24) is 5.01 Å². The van der Waals surface area contributed by atoms with Crippen LogP contribution in [0.5, 0.6) is 0 Å². The van der Waals surface area contributed by atoms with Gasteiger partial charge in [-0.15, -0.1) is 6.58 Å². The van der Waals surface area contributed by atoms with E-state index < -0.39 is 0 Å². The summed E-state index contributed by atoms with van der Waals surface area (Å²) in [6.45, 7) is 10.6. The summed E-state index contributed by atoms with van der Waals surface area (Å²) in [6, 6.07) is 0.453. The molecule has 0 aromatic carbocycles. The van der Waals surface area contributed by atoms with Gasteiger partial charge in [-0.1, -0.05) is 6.08 Å². The Labute approximate surface area is 63.2 Å². The van der Waals surface area contributed by atoms with Gasteiger partial charge in [-0.3, -0.25) is 5.01 Å². The smallest absolute Gasteiger partial charge is 0.0541 e. The van der Waals surface area contributed by atoms with Gasteiger partial charge >= 0.3 is 0 Å². The molecule has 0 heterocycles. The van der Waals surface area contributed by atoms with Crippen molar-refractivity contribution in [1.29, 1.82) is 0 Å². The van der Waals surface area contributed by atoms with Crippen molar-refractivity contribution < 1.29 is 0 Å². The molecule has 0 spiro atoms. The Balaban J connectivity index is 3.84. The third-order valence-corrected chi connectivity index (χ3v) is 1.18. The zero-order valence-electron chi connectivity index (χ0n) is 7.04. The molecule has 0 aromatic rings. The lowest BCUT2D eigenvalue weighted by molar-refractivity contribution is 0.260. The van der Waals surface area contributed by atoms with Crippen molar-refractivity contribution in [2.45, 2.75) is 26.8 Å². The number of rotatable bonds is 4. The van der Waals surface area contributed by atoms with Crippen LogP contribution in [0.25, 0.3) is 0 Å². The maximum atomic E-state index is 4.15. The van der Waals surface area contributed by atoms with E-state index in [4.69, 9.17) is 0 Å². The van der Waals surface area contributed by atoms with Crippen molar-refractivity contribution in [2.24, 2.45) is 5.10 Å². The third-order valence-electron chi connectivity index (χ3n) is 1.18. The molecule has 2 nitrogen and oxygen atoms in total. The van der Waals surface area contributed by atoms with Crippen LogP contribution in [0, 0.1) is 0 Å². The summed E-state index contributed by atoms with van der Waals surface area (Å²) < 4.78 is 0.